The molecule has 3 rings (SSSR count). The molecule has 2 N–H and O–H groups in total. The quantitative estimate of drug-likeness (QED) is 0.778. The molecule has 1 aliphatic rings. The standard InChI is InChI=1S/C20H23N3O2S/c1-21-19(25)11-8-14-7-9-16(18(24)13-14)17-10-12-20(23-22-17)26-15-5-3-2-4-6-15/h7-13,15,24H,2-6H2,1H3,(H,21,25)/b11-8+. The van der Waals surface area contributed by atoms with Crippen LogP contribution in [0.1, 0.15) is 37.7 Å². The van der Waals surface area contributed by atoms with Crippen molar-refractivity contribution in [2.24, 2.45) is 0 Å². The van der Waals surface area contributed by atoms with Gasteiger partial charge in [0.15, 0.2) is 0 Å². The molecule has 6 heteroatoms. The molecule has 1 aromatic heterocycles. The molecule has 1 aromatic carbocycles. The Balaban J connectivity index is 1.70. The molecule has 2 aromatic rings. The first-order valence-electron chi connectivity index (χ1n) is 8.89. The van der Waals surface area contributed by atoms with Gasteiger partial charge in [-0.15, -0.1) is 22.0 Å². The van der Waals surface area contributed by atoms with Crippen LogP contribution < -0.4 is 5.32 Å². The molecule has 1 heterocycles. The Bertz CT molecular complexity index is 784. The predicted octanol–water partition coefficient (Wildman–Crippen LogP) is 4.03. The molecule has 1 amide bonds. The zero-order valence-corrected chi connectivity index (χ0v) is 15.6. The summed E-state index contributed by atoms with van der Waals surface area (Å²) in [6.07, 6.45) is 9.52. The van der Waals surface area contributed by atoms with Gasteiger partial charge in [0.05, 0.1) is 5.69 Å². The van der Waals surface area contributed by atoms with Crippen molar-refractivity contribution in [2.45, 2.75) is 42.4 Å². The van der Waals surface area contributed by atoms with E-state index in [9.17, 15) is 9.90 Å². The van der Waals surface area contributed by atoms with Gasteiger partial charge < -0.3 is 10.4 Å². The van der Waals surface area contributed by atoms with Crippen molar-refractivity contribution < 1.29 is 9.90 Å². The van der Waals surface area contributed by atoms with Crippen LogP contribution in [-0.4, -0.2) is 33.5 Å². The normalized spacial score (nSPS) is 15.3. The number of hydrogen-bond acceptors (Lipinski definition) is 5. The van der Waals surface area contributed by atoms with Crippen molar-refractivity contribution in [3.63, 3.8) is 0 Å². The molecule has 1 fully saturated rings. The van der Waals surface area contributed by atoms with Crippen LogP contribution in [0.4, 0.5) is 0 Å². The molecule has 1 saturated carbocycles. The molecule has 0 aliphatic heterocycles. The van der Waals surface area contributed by atoms with E-state index in [1.54, 1.807) is 37.0 Å². The van der Waals surface area contributed by atoms with Gasteiger partial charge in [-0.1, -0.05) is 25.3 Å². The van der Waals surface area contributed by atoms with E-state index in [0.717, 1.165) is 10.6 Å². The maximum atomic E-state index is 11.3. The third-order valence-electron chi connectivity index (χ3n) is 4.45. The molecule has 1 aliphatic carbocycles. The van der Waals surface area contributed by atoms with E-state index in [-0.39, 0.29) is 11.7 Å². The molecule has 0 spiro atoms. The number of carbonyl (C=O) groups is 1. The number of aromatic hydroxyl groups is 1. The Morgan fingerprint density at radius 2 is 2.00 bits per heavy atom. The highest BCUT2D eigenvalue weighted by Crippen LogP contribution is 2.34. The lowest BCUT2D eigenvalue weighted by Gasteiger charge is -2.20. The summed E-state index contributed by atoms with van der Waals surface area (Å²) in [4.78, 5) is 11.3. The second kappa shape index (κ2) is 8.85. The molecular weight excluding hydrogens is 346 g/mol. The average Bonchev–Trinajstić information content (AvgIpc) is 2.68. The highest BCUT2D eigenvalue weighted by atomic mass is 32.2. The fourth-order valence-electron chi connectivity index (χ4n) is 3.00. The lowest BCUT2D eigenvalue weighted by atomic mass is 10.0. The van der Waals surface area contributed by atoms with Gasteiger partial charge in [-0.05, 0) is 48.7 Å². The van der Waals surface area contributed by atoms with E-state index in [4.69, 9.17) is 0 Å². The summed E-state index contributed by atoms with van der Waals surface area (Å²) in [5.41, 5.74) is 2.01. The summed E-state index contributed by atoms with van der Waals surface area (Å²) in [7, 11) is 1.57. The Morgan fingerprint density at radius 1 is 1.19 bits per heavy atom. The SMILES string of the molecule is CNC(=O)/C=C/c1ccc(-c2ccc(SC3CCCCC3)nn2)c(O)c1. The van der Waals surface area contributed by atoms with Gasteiger partial charge in [0.2, 0.25) is 5.91 Å². The van der Waals surface area contributed by atoms with Crippen molar-refractivity contribution in [2.75, 3.05) is 7.05 Å². The number of carbonyl (C=O) groups excluding carboxylic acids is 1. The van der Waals surface area contributed by atoms with Crippen LogP contribution in [-0.2, 0) is 4.79 Å². The van der Waals surface area contributed by atoms with Gasteiger partial charge in [-0.2, -0.15) is 0 Å². The lowest BCUT2D eigenvalue weighted by Crippen LogP contribution is -2.13. The average molecular weight is 369 g/mol. The number of thioether (sulfide) groups is 1. The van der Waals surface area contributed by atoms with Gasteiger partial charge in [0.25, 0.3) is 0 Å². The fraction of sp³-hybridized carbons (Fsp3) is 0.350. The Morgan fingerprint density at radius 3 is 2.65 bits per heavy atom. The molecule has 0 saturated heterocycles. The summed E-state index contributed by atoms with van der Waals surface area (Å²) in [6.45, 7) is 0. The number of phenolic OH excluding ortho intramolecular Hbond substituents is 1. The molecule has 136 valence electrons. The van der Waals surface area contributed by atoms with E-state index >= 15 is 0 Å². The Kier molecular flexibility index (Phi) is 6.28. The van der Waals surface area contributed by atoms with Crippen LogP contribution in [0.2, 0.25) is 0 Å². The number of phenols is 1. The molecule has 0 atom stereocenters. The number of likely N-dealkylation sites (N-methyl/N-ethyl adjacent to an activating group) is 1. The smallest absolute Gasteiger partial charge is 0.243 e. The third-order valence-corrected chi connectivity index (χ3v) is 5.71. The topological polar surface area (TPSA) is 75.1 Å². The summed E-state index contributed by atoms with van der Waals surface area (Å²) < 4.78 is 0. The van der Waals surface area contributed by atoms with Gasteiger partial charge in [0.1, 0.15) is 10.8 Å². The highest BCUT2D eigenvalue weighted by Gasteiger charge is 2.16. The minimum atomic E-state index is -0.189. The van der Waals surface area contributed by atoms with Crippen LogP contribution >= 0.6 is 11.8 Å². The van der Waals surface area contributed by atoms with E-state index < -0.39 is 0 Å². The zero-order chi connectivity index (χ0) is 18.4. The van der Waals surface area contributed by atoms with Crippen molar-refractivity contribution in [3.8, 4) is 17.0 Å². The summed E-state index contributed by atoms with van der Waals surface area (Å²) in [5.74, 6) is -0.0727. The molecule has 0 unspecified atom stereocenters. The van der Waals surface area contributed by atoms with Gasteiger partial charge in [0, 0.05) is 23.9 Å². The van der Waals surface area contributed by atoms with E-state index in [1.165, 1.54) is 38.2 Å². The molecular formula is C20H23N3O2S. The summed E-state index contributed by atoms with van der Waals surface area (Å²) in [5, 5.41) is 23.0. The van der Waals surface area contributed by atoms with Crippen LogP contribution in [0.5, 0.6) is 5.75 Å². The minimum Gasteiger partial charge on any atom is -0.507 e. The van der Waals surface area contributed by atoms with Crippen molar-refractivity contribution in [3.05, 3.63) is 42.0 Å². The monoisotopic (exact) mass is 369 g/mol. The first kappa shape index (κ1) is 18.5. The number of aromatic nitrogens is 2. The Labute approximate surface area is 157 Å². The van der Waals surface area contributed by atoms with Gasteiger partial charge in [-0.25, -0.2) is 0 Å². The van der Waals surface area contributed by atoms with Crippen molar-refractivity contribution in [1.82, 2.24) is 15.5 Å². The first-order valence-corrected chi connectivity index (χ1v) is 9.77. The maximum Gasteiger partial charge on any atom is 0.243 e. The number of benzene rings is 1. The second-order valence-corrected chi connectivity index (χ2v) is 7.68. The largest absolute Gasteiger partial charge is 0.507 e. The summed E-state index contributed by atoms with van der Waals surface area (Å²) in [6, 6.07) is 9.10. The lowest BCUT2D eigenvalue weighted by molar-refractivity contribution is -0.115. The minimum absolute atomic E-state index is 0.117. The third kappa shape index (κ3) is 4.85. The van der Waals surface area contributed by atoms with Gasteiger partial charge >= 0.3 is 0 Å². The van der Waals surface area contributed by atoms with Crippen LogP contribution in [0, 0.1) is 0 Å². The molecule has 26 heavy (non-hydrogen) atoms. The fourth-order valence-corrected chi connectivity index (χ4v) is 4.15. The van der Waals surface area contributed by atoms with Crippen LogP contribution in [0.25, 0.3) is 17.3 Å². The van der Waals surface area contributed by atoms with Crippen LogP contribution in [0.15, 0.2) is 41.4 Å². The van der Waals surface area contributed by atoms with Crippen molar-refractivity contribution in [1.29, 1.82) is 0 Å². The highest BCUT2D eigenvalue weighted by molar-refractivity contribution is 7.99. The summed E-state index contributed by atoms with van der Waals surface area (Å²) >= 11 is 1.80. The van der Waals surface area contributed by atoms with Crippen molar-refractivity contribution >= 4 is 23.7 Å². The Hall–Kier alpha value is -2.34. The number of nitrogens with zero attached hydrogens (tertiary/aromatic N) is 2. The zero-order valence-electron chi connectivity index (χ0n) is 14.8. The number of hydrogen-bond donors (Lipinski definition) is 2. The van der Waals surface area contributed by atoms with E-state index in [2.05, 4.69) is 15.5 Å². The molecule has 0 bridgehead atoms. The number of nitrogens with one attached hydrogen (secondary N) is 1. The van der Waals surface area contributed by atoms with Gasteiger partial charge in [-0.3, -0.25) is 4.79 Å². The maximum absolute atomic E-state index is 11.3. The second-order valence-electron chi connectivity index (χ2n) is 6.36. The van der Waals surface area contributed by atoms with E-state index in [0.29, 0.717) is 16.5 Å². The number of rotatable bonds is 5. The van der Waals surface area contributed by atoms with Crippen LogP contribution in [0.3, 0.4) is 0 Å². The number of amides is 1. The molecule has 0 radical (unpaired) electrons. The first-order chi connectivity index (χ1) is 12.7. The van der Waals surface area contributed by atoms with E-state index in [1.807, 2.05) is 18.2 Å². The predicted molar refractivity (Wildman–Crippen MR) is 105 cm³/mol. The molecule has 5 nitrogen and oxygen atoms in total.